The van der Waals surface area contributed by atoms with Crippen LogP contribution in [0.4, 0.5) is 15.3 Å². The van der Waals surface area contributed by atoms with Crippen LogP contribution in [0.3, 0.4) is 0 Å². The maximum Gasteiger partial charge on any atom is 0.411 e. The summed E-state index contributed by atoms with van der Waals surface area (Å²) in [4.78, 5) is 41.4. The van der Waals surface area contributed by atoms with Crippen LogP contribution >= 0.6 is 11.6 Å². The fourth-order valence-corrected chi connectivity index (χ4v) is 6.57. The summed E-state index contributed by atoms with van der Waals surface area (Å²) in [5.74, 6) is -0.543. The molecule has 7 atom stereocenters. The second-order valence-corrected chi connectivity index (χ2v) is 13.4. The Morgan fingerprint density at radius 3 is 2.66 bits per heavy atom. The number of hydrogen-bond donors (Lipinski definition) is 4. The summed E-state index contributed by atoms with van der Waals surface area (Å²) in [6.45, 7) is 10.7. The van der Waals surface area contributed by atoms with Gasteiger partial charge in [-0.1, -0.05) is 48.9 Å². The fraction of sp³-hybridized carbons (Fsp3) is 0.472. The number of halogens is 1. The standard InChI is InChI=1S/C36H47ClN4O9/c1-9-24(38)14-13-21(3)39-33(43)49-29-18-30(42)41(6)25-16-23(17-26(46-7)31(25)37)15-20(2)11-10-12-28(47-8)36(45)19-27(48-34(44)40-36)22(4)32-35(29,5)50-32/h9-14,16-17,22,27-29,32,45H,1,15,18-19,38H2,2-8H3,(H,39,43)(H,40,44)/b12-10+,20-11+,21-13+,24-14+/t22-,27+,28-,29+,32+,35+,36+/m1/s1. The molecule has 1 aromatic carbocycles. The number of allylic oxidation sites excluding steroid dienone is 7. The number of anilines is 1. The molecule has 0 unspecified atom stereocenters. The summed E-state index contributed by atoms with van der Waals surface area (Å²) in [6.07, 6.45) is 4.88. The van der Waals surface area contributed by atoms with Crippen LogP contribution in [0.1, 0.15) is 46.1 Å². The maximum atomic E-state index is 14.0. The molecule has 5 N–H and O–H groups in total. The van der Waals surface area contributed by atoms with E-state index < -0.39 is 59.8 Å². The van der Waals surface area contributed by atoms with Gasteiger partial charge in [0.05, 0.1) is 25.3 Å². The van der Waals surface area contributed by atoms with E-state index in [1.165, 1.54) is 25.2 Å². The number of amides is 3. The van der Waals surface area contributed by atoms with Gasteiger partial charge in [-0.3, -0.25) is 15.4 Å². The second-order valence-electron chi connectivity index (χ2n) is 13.0. The molecule has 1 aromatic rings. The van der Waals surface area contributed by atoms with Gasteiger partial charge in [-0.15, -0.1) is 0 Å². The van der Waals surface area contributed by atoms with Crippen molar-refractivity contribution < 1.29 is 43.2 Å². The van der Waals surface area contributed by atoms with Gasteiger partial charge in [0, 0.05) is 37.9 Å². The molecule has 14 heteroatoms. The molecule has 272 valence electrons. The maximum absolute atomic E-state index is 14.0. The quantitative estimate of drug-likeness (QED) is 0.237. The van der Waals surface area contributed by atoms with E-state index in [0.717, 1.165) is 11.1 Å². The average molecular weight is 715 g/mol. The largest absolute Gasteiger partial charge is 0.495 e. The molecule has 4 rings (SSSR count). The average Bonchev–Trinajstić information content (AvgIpc) is 3.76. The van der Waals surface area contributed by atoms with E-state index >= 15 is 0 Å². The van der Waals surface area contributed by atoms with Crippen LogP contribution < -0.4 is 26.0 Å². The lowest BCUT2D eigenvalue weighted by molar-refractivity contribution is -0.142. The lowest BCUT2D eigenvalue weighted by Gasteiger charge is -2.42. The normalized spacial score (nSPS) is 32.4. The van der Waals surface area contributed by atoms with Gasteiger partial charge in [0.15, 0.2) is 5.72 Å². The first-order valence-electron chi connectivity index (χ1n) is 16.2. The Morgan fingerprint density at radius 2 is 2.00 bits per heavy atom. The monoisotopic (exact) mass is 714 g/mol. The molecule has 4 bridgehead atoms. The Labute approximate surface area is 297 Å². The lowest BCUT2D eigenvalue weighted by Crippen LogP contribution is -2.63. The minimum absolute atomic E-state index is 0.0372. The zero-order valence-corrected chi connectivity index (χ0v) is 30.2. The van der Waals surface area contributed by atoms with Crippen molar-refractivity contribution in [3.05, 3.63) is 82.7 Å². The molecule has 0 radical (unpaired) electrons. The molecule has 0 saturated carbocycles. The van der Waals surface area contributed by atoms with Crippen LogP contribution in [0.15, 0.2) is 72.1 Å². The SMILES string of the molecule is C=C/C(N)=C\C=C(/C)NC(=O)O[C@H]1CC(=O)N(C)c2cc(cc(OC)c2Cl)C/C(C)=C/C=C/[C@@H](OC)[C@@]2(O)C[C@H](OC(=O)N2)[C@@H](C)[C@@H]2O[C@@]12C. The number of rotatable bonds is 6. The van der Waals surface area contributed by atoms with E-state index in [2.05, 4.69) is 17.2 Å². The molecule has 2 saturated heterocycles. The molecule has 3 amide bonds. The van der Waals surface area contributed by atoms with Gasteiger partial charge in [-0.2, -0.15) is 0 Å². The Balaban J connectivity index is 1.76. The first-order chi connectivity index (χ1) is 23.5. The molecule has 0 aliphatic carbocycles. The predicted molar refractivity (Wildman–Crippen MR) is 188 cm³/mol. The number of nitrogens with zero attached hydrogens (tertiary/aromatic N) is 1. The van der Waals surface area contributed by atoms with Crippen molar-refractivity contribution in [2.24, 2.45) is 11.7 Å². The van der Waals surface area contributed by atoms with Gasteiger partial charge in [-0.05, 0) is 63.1 Å². The van der Waals surface area contributed by atoms with Crippen LogP contribution in [0, 0.1) is 5.92 Å². The van der Waals surface area contributed by atoms with E-state index in [1.807, 2.05) is 13.0 Å². The summed E-state index contributed by atoms with van der Waals surface area (Å²) >= 11 is 6.72. The Bertz CT molecular complexity index is 1620. The van der Waals surface area contributed by atoms with E-state index in [1.54, 1.807) is 64.3 Å². The number of methoxy groups -OCH3 is 2. The molecule has 0 spiro atoms. The van der Waals surface area contributed by atoms with Crippen molar-refractivity contribution in [3.63, 3.8) is 0 Å². The topological polar surface area (TPSA) is 174 Å². The van der Waals surface area contributed by atoms with Crippen molar-refractivity contribution >= 4 is 35.4 Å². The Hall–Kier alpha value is -4.30. The number of nitrogens with one attached hydrogen (secondary N) is 2. The minimum atomic E-state index is -1.81. The lowest BCUT2D eigenvalue weighted by atomic mass is 9.83. The van der Waals surface area contributed by atoms with Crippen LogP contribution in [-0.2, 0) is 30.2 Å². The van der Waals surface area contributed by atoms with Gasteiger partial charge in [0.1, 0.15) is 34.7 Å². The molecular formula is C36H47ClN4O9. The highest BCUT2D eigenvalue weighted by atomic mass is 35.5. The highest BCUT2D eigenvalue weighted by Gasteiger charge is 2.64. The highest BCUT2D eigenvalue weighted by Crippen LogP contribution is 2.49. The third-order valence-electron chi connectivity index (χ3n) is 9.26. The van der Waals surface area contributed by atoms with E-state index in [4.69, 9.17) is 41.0 Å². The number of nitrogens with two attached hydrogens (primary N) is 1. The zero-order chi connectivity index (χ0) is 37.0. The van der Waals surface area contributed by atoms with Crippen LogP contribution in [-0.4, -0.2) is 80.2 Å². The molecule has 0 aromatic heterocycles. The summed E-state index contributed by atoms with van der Waals surface area (Å²) in [6, 6.07) is 3.59. The Morgan fingerprint density at radius 1 is 1.28 bits per heavy atom. The van der Waals surface area contributed by atoms with Crippen LogP contribution in [0.25, 0.3) is 0 Å². The van der Waals surface area contributed by atoms with Gasteiger partial charge >= 0.3 is 12.2 Å². The first-order valence-corrected chi connectivity index (χ1v) is 16.6. The van der Waals surface area contributed by atoms with Gasteiger partial charge in [-0.25, -0.2) is 9.59 Å². The third kappa shape index (κ3) is 8.70. The number of aliphatic hydroxyl groups is 1. The minimum Gasteiger partial charge on any atom is -0.495 e. The van der Waals surface area contributed by atoms with Crippen molar-refractivity contribution in [2.45, 2.75) is 82.7 Å². The molecule has 2 fully saturated rings. The molecule has 3 aliphatic rings. The summed E-state index contributed by atoms with van der Waals surface area (Å²) in [5, 5.41) is 17.1. The molecule has 13 nitrogen and oxygen atoms in total. The number of hydrogen-bond acceptors (Lipinski definition) is 10. The van der Waals surface area contributed by atoms with Gasteiger partial charge in [0.2, 0.25) is 5.91 Å². The number of carbonyl (C=O) groups is 3. The zero-order valence-electron chi connectivity index (χ0n) is 29.4. The van der Waals surface area contributed by atoms with Crippen LogP contribution in [0.5, 0.6) is 5.75 Å². The molecule has 3 heterocycles. The molecule has 50 heavy (non-hydrogen) atoms. The van der Waals surface area contributed by atoms with Crippen LogP contribution in [0.2, 0.25) is 5.02 Å². The number of fused-ring (bicyclic) bond motifs is 5. The van der Waals surface area contributed by atoms with Crippen molar-refractivity contribution in [2.75, 3.05) is 26.2 Å². The van der Waals surface area contributed by atoms with Crippen molar-refractivity contribution in [1.82, 2.24) is 10.6 Å². The number of benzene rings is 1. The third-order valence-corrected chi connectivity index (χ3v) is 9.64. The first kappa shape index (κ1) is 38.5. The van der Waals surface area contributed by atoms with Crippen molar-refractivity contribution in [1.29, 1.82) is 0 Å². The van der Waals surface area contributed by atoms with Gasteiger partial charge in [0.25, 0.3) is 0 Å². The fourth-order valence-electron chi connectivity index (χ4n) is 6.26. The van der Waals surface area contributed by atoms with Crippen molar-refractivity contribution in [3.8, 4) is 5.75 Å². The number of ether oxygens (including phenoxy) is 5. The number of carbonyl (C=O) groups excluding carboxylic acids is 3. The predicted octanol–water partition coefficient (Wildman–Crippen LogP) is 4.78. The summed E-state index contributed by atoms with van der Waals surface area (Å²) in [5.41, 5.74) is 5.76. The number of epoxide rings is 1. The highest BCUT2D eigenvalue weighted by molar-refractivity contribution is 6.35. The summed E-state index contributed by atoms with van der Waals surface area (Å²) < 4.78 is 28.9. The molecular weight excluding hydrogens is 668 g/mol. The number of alkyl carbamates (subject to hydrolysis) is 2. The smallest absolute Gasteiger partial charge is 0.411 e. The van der Waals surface area contributed by atoms with E-state index in [9.17, 15) is 19.5 Å². The van der Waals surface area contributed by atoms with Gasteiger partial charge < -0.3 is 39.4 Å². The Kier molecular flexibility index (Phi) is 12.1. The second kappa shape index (κ2) is 15.7. The van der Waals surface area contributed by atoms with E-state index in [-0.39, 0.29) is 17.9 Å². The molecule has 3 aliphatic heterocycles. The summed E-state index contributed by atoms with van der Waals surface area (Å²) in [7, 11) is 4.51. The van der Waals surface area contributed by atoms with E-state index in [0.29, 0.717) is 29.3 Å².